The van der Waals surface area contributed by atoms with E-state index in [4.69, 9.17) is 0 Å². The van der Waals surface area contributed by atoms with Crippen molar-refractivity contribution in [1.82, 2.24) is 24.8 Å². The molecule has 1 atom stereocenters. The molecule has 6 rings (SSSR count). The van der Waals surface area contributed by atoms with Crippen LogP contribution in [0.4, 0.5) is 11.6 Å². The van der Waals surface area contributed by atoms with E-state index in [9.17, 15) is 4.79 Å². The molecule has 0 aliphatic carbocycles. The summed E-state index contributed by atoms with van der Waals surface area (Å²) in [4.78, 5) is 34.6. The monoisotopic (exact) mass is 499 g/mol. The van der Waals surface area contributed by atoms with Crippen molar-refractivity contribution in [2.75, 3.05) is 38.0 Å². The zero-order valence-corrected chi connectivity index (χ0v) is 22.1. The molecule has 0 radical (unpaired) electrons. The van der Waals surface area contributed by atoms with Gasteiger partial charge < -0.3 is 20.1 Å². The van der Waals surface area contributed by atoms with Crippen molar-refractivity contribution in [3.63, 3.8) is 0 Å². The first-order chi connectivity index (χ1) is 18.1. The minimum Gasteiger partial charge on any atom is -0.351 e. The summed E-state index contributed by atoms with van der Waals surface area (Å²) in [5, 5.41) is 4.28. The Bertz CT molecular complexity index is 1330. The fraction of sp³-hybridized carbons (Fsp3) is 0.448. The van der Waals surface area contributed by atoms with Gasteiger partial charge in [0.25, 0.3) is 5.91 Å². The quantitative estimate of drug-likeness (QED) is 0.484. The normalized spacial score (nSPS) is 21.3. The molecular weight excluding hydrogens is 462 g/mol. The Labute approximate surface area is 218 Å². The van der Waals surface area contributed by atoms with Gasteiger partial charge in [-0.1, -0.05) is 26.8 Å². The molecule has 0 bridgehead atoms. The van der Waals surface area contributed by atoms with E-state index >= 15 is 0 Å². The van der Waals surface area contributed by atoms with Gasteiger partial charge in [0, 0.05) is 54.1 Å². The Morgan fingerprint density at radius 2 is 1.97 bits per heavy atom. The number of aromatic nitrogens is 3. The number of allylic oxidation sites excluding steroid dienone is 1. The fourth-order valence-corrected chi connectivity index (χ4v) is 5.61. The minimum absolute atomic E-state index is 0.0971. The van der Waals surface area contributed by atoms with Crippen molar-refractivity contribution in [3.8, 4) is 0 Å². The van der Waals surface area contributed by atoms with Crippen LogP contribution in [0.25, 0.3) is 16.6 Å². The molecule has 37 heavy (non-hydrogen) atoms. The number of anilines is 2. The molecule has 2 saturated heterocycles. The molecule has 1 aromatic carbocycles. The van der Waals surface area contributed by atoms with Crippen LogP contribution in [0.1, 0.15) is 62.6 Å². The zero-order valence-electron chi connectivity index (χ0n) is 22.1. The third-order valence-corrected chi connectivity index (χ3v) is 7.58. The summed E-state index contributed by atoms with van der Waals surface area (Å²) < 4.78 is 0. The van der Waals surface area contributed by atoms with Crippen LogP contribution < -0.4 is 5.32 Å². The number of hydrogen-bond acceptors (Lipinski definition) is 6. The third-order valence-electron chi connectivity index (χ3n) is 7.58. The molecule has 1 spiro atoms. The van der Waals surface area contributed by atoms with E-state index in [0.29, 0.717) is 11.6 Å². The third kappa shape index (κ3) is 5.30. The van der Waals surface area contributed by atoms with Crippen molar-refractivity contribution < 1.29 is 4.79 Å². The van der Waals surface area contributed by atoms with E-state index in [1.807, 2.05) is 55.3 Å². The van der Waals surface area contributed by atoms with E-state index in [0.717, 1.165) is 80.0 Å². The molecule has 1 unspecified atom stereocenters. The zero-order chi connectivity index (χ0) is 25.8. The lowest BCUT2D eigenvalue weighted by molar-refractivity contribution is 0.0768. The number of benzene rings is 1. The predicted octanol–water partition coefficient (Wildman–Crippen LogP) is 5.49. The SMILES string of the molecule is CC.CCN1CCC2(CCN(C(=O)c3cc4cc(Nc5nccc(C6=CCCC=N6)n5)ccc4[nH]3)C2)C1. The molecule has 3 aromatic rings. The van der Waals surface area contributed by atoms with E-state index in [2.05, 4.69) is 43.2 Å². The van der Waals surface area contributed by atoms with Crippen molar-refractivity contribution in [3.05, 3.63) is 54.0 Å². The lowest BCUT2D eigenvalue weighted by Gasteiger charge is -2.24. The molecule has 1 amide bonds. The van der Waals surface area contributed by atoms with Crippen molar-refractivity contribution >= 4 is 40.4 Å². The highest BCUT2D eigenvalue weighted by molar-refractivity contribution is 5.99. The lowest BCUT2D eigenvalue weighted by atomic mass is 9.86. The number of amides is 1. The van der Waals surface area contributed by atoms with Gasteiger partial charge >= 0.3 is 0 Å². The Morgan fingerprint density at radius 3 is 2.76 bits per heavy atom. The highest BCUT2D eigenvalue weighted by Gasteiger charge is 2.44. The molecule has 0 saturated carbocycles. The van der Waals surface area contributed by atoms with Crippen LogP contribution in [0, 0.1) is 5.41 Å². The summed E-state index contributed by atoms with van der Waals surface area (Å²) in [7, 11) is 0. The summed E-state index contributed by atoms with van der Waals surface area (Å²) >= 11 is 0. The maximum atomic E-state index is 13.3. The summed E-state index contributed by atoms with van der Waals surface area (Å²) in [6, 6.07) is 9.83. The Balaban J connectivity index is 0.00000137. The summed E-state index contributed by atoms with van der Waals surface area (Å²) in [5.41, 5.74) is 4.44. The molecule has 2 N–H and O–H groups in total. The molecular formula is C29H37N7O. The van der Waals surface area contributed by atoms with E-state index in [-0.39, 0.29) is 11.3 Å². The van der Waals surface area contributed by atoms with Crippen LogP contribution in [0.5, 0.6) is 0 Å². The fourth-order valence-electron chi connectivity index (χ4n) is 5.61. The molecule has 3 aliphatic heterocycles. The van der Waals surface area contributed by atoms with Crippen LogP contribution in [-0.2, 0) is 0 Å². The lowest BCUT2D eigenvalue weighted by Crippen LogP contribution is -2.34. The van der Waals surface area contributed by atoms with Gasteiger partial charge in [-0.25, -0.2) is 9.97 Å². The number of fused-ring (bicyclic) bond motifs is 1. The highest BCUT2D eigenvalue weighted by Crippen LogP contribution is 2.40. The van der Waals surface area contributed by atoms with Crippen LogP contribution >= 0.6 is 0 Å². The van der Waals surface area contributed by atoms with Crippen LogP contribution in [-0.4, -0.2) is 69.6 Å². The number of nitrogens with zero attached hydrogens (tertiary/aromatic N) is 5. The molecule has 5 heterocycles. The number of nitrogens with one attached hydrogen (secondary N) is 2. The second-order valence-corrected chi connectivity index (χ2v) is 9.95. The highest BCUT2D eigenvalue weighted by atomic mass is 16.2. The van der Waals surface area contributed by atoms with Gasteiger partial charge in [0.05, 0.1) is 11.4 Å². The maximum absolute atomic E-state index is 13.3. The largest absolute Gasteiger partial charge is 0.351 e. The Kier molecular flexibility index (Phi) is 7.37. The second-order valence-electron chi connectivity index (χ2n) is 9.95. The maximum Gasteiger partial charge on any atom is 0.270 e. The van der Waals surface area contributed by atoms with Crippen LogP contribution in [0.15, 0.2) is 47.6 Å². The topological polar surface area (TPSA) is 89.5 Å². The standard InChI is InChI=1S/C27H31N7O.C2H6/c1-2-33-13-9-27(17-33)10-14-34(18-27)25(35)24-16-19-15-20(6-7-21(19)31-24)30-26-29-12-8-23(32-26)22-5-3-4-11-28-22;1-2/h5-8,11-12,15-16,31H,2-4,9-10,13-14,17-18H2,1H3,(H,29,30,32);1-2H3. The number of carbonyl (C=O) groups is 1. The van der Waals surface area contributed by atoms with E-state index < -0.39 is 0 Å². The first-order valence-electron chi connectivity index (χ1n) is 13.6. The average Bonchev–Trinajstić information content (AvgIpc) is 3.68. The van der Waals surface area contributed by atoms with Gasteiger partial charge in [0.1, 0.15) is 5.69 Å². The number of carbonyl (C=O) groups excluding carboxylic acids is 1. The number of aromatic amines is 1. The number of likely N-dealkylation sites (tertiary alicyclic amines) is 2. The predicted molar refractivity (Wildman–Crippen MR) is 150 cm³/mol. The van der Waals surface area contributed by atoms with Gasteiger partial charge in [-0.2, -0.15) is 0 Å². The summed E-state index contributed by atoms with van der Waals surface area (Å²) in [6.45, 7) is 11.3. The number of H-pyrrole nitrogens is 1. The first kappa shape index (κ1) is 25.1. The van der Waals surface area contributed by atoms with E-state index in [1.54, 1.807) is 6.20 Å². The number of hydrogen-bond donors (Lipinski definition) is 2. The van der Waals surface area contributed by atoms with Gasteiger partial charge in [-0.15, -0.1) is 0 Å². The summed E-state index contributed by atoms with van der Waals surface area (Å²) in [6.07, 6.45) is 10.0. The first-order valence-corrected chi connectivity index (χ1v) is 13.6. The smallest absolute Gasteiger partial charge is 0.270 e. The van der Waals surface area contributed by atoms with Gasteiger partial charge in [0.2, 0.25) is 5.95 Å². The molecule has 2 aromatic heterocycles. The Morgan fingerprint density at radius 1 is 1.11 bits per heavy atom. The van der Waals surface area contributed by atoms with Crippen molar-refractivity contribution in [1.29, 1.82) is 0 Å². The molecule has 8 heteroatoms. The van der Waals surface area contributed by atoms with Gasteiger partial charge in [-0.05, 0) is 69.1 Å². The molecule has 3 aliphatic rings. The average molecular weight is 500 g/mol. The second kappa shape index (κ2) is 10.8. The van der Waals surface area contributed by atoms with Gasteiger partial charge in [-0.3, -0.25) is 9.79 Å². The minimum atomic E-state index is 0.0971. The van der Waals surface area contributed by atoms with Crippen molar-refractivity contribution in [2.45, 2.75) is 46.5 Å². The van der Waals surface area contributed by atoms with Crippen LogP contribution in [0.2, 0.25) is 0 Å². The van der Waals surface area contributed by atoms with E-state index in [1.165, 1.54) is 6.42 Å². The molecule has 2 fully saturated rings. The number of rotatable bonds is 5. The number of aliphatic imine (C=N–C) groups is 1. The van der Waals surface area contributed by atoms with Crippen molar-refractivity contribution in [2.24, 2.45) is 10.4 Å². The van der Waals surface area contributed by atoms with Gasteiger partial charge in [0.15, 0.2) is 0 Å². The Hall–Kier alpha value is -3.52. The summed E-state index contributed by atoms with van der Waals surface area (Å²) in [5.74, 6) is 0.621. The molecule has 8 nitrogen and oxygen atoms in total. The molecule has 194 valence electrons. The van der Waals surface area contributed by atoms with Crippen LogP contribution in [0.3, 0.4) is 0 Å².